The van der Waals surface area contributed by atoms with Gasteiger partial charge in [-0.1, -0.05) is 36.4 Å². The Morgan fingerprint density at radius 3 is 1.52 bits per heavy atom. The summed E-state index contributed by atoms with van der Waals surface area (Å²) in [4.78, 5) is 46.8. The Kier molecular flexibility index (Phi) is 10.00. The summed E-state index contributed by atoms with van der Waals surface area (Å²) in [7, 11) is 0. The van der Waals surface area contributed by atoms with Gasteiger partial charge in [0.25, 0.3) is 0 Å². The summed E-state index contributed by atoms with van der Waals surface area (Å²) < 4.78 is 9.52. The first kappa shape index (κ1) is 25.5. The van der Waals surface area contributed by atoms with Gasteiger partial charge < -0.3 is 30.7 Å². The number of benzene rings is 2. The van der Waals surface area contributed by atoms with Gasteiger partial charge in [-0.2, -0.15) is 0 Å². The Morgan fingerprint density at radius 1 is 0.818 bits per heavy atom. The fraction of sp³-hybridized carbons (Fsp3) is 0.304. The molecule has 2 aromatic rings. The average Bonchev–Trinajstić information content (AvgIpc) is 2.82. The van der Waals surface area contributed by atoms with Crippen LogP contribution in [0.1, 0.15) is 33.6 Å². The summed E-state index contributed by atoms with van der Waals surface area (Å²) in [6.45, 7) is 2.17. The van der Waals surface area contributed by atoms with E-state index in [2.05, 4.69) is 5.32 Å². The minimum atomic E-state index is -2.21. The summed E-state index contributed by atoms with van der Waals surface area (Å²) in [6.07, 6.45) is -1.98. The zero-order chi connectivity index (χ0) is 24.2. The molecule has 0 radical (unpaired) electrons. The molecular formula is C23H26N2O8. The lowest BCUT2D eigenvalue weighted by Gasteiger charge is -2.21. The standard InChI is InChI=1S/C18H14O8.C5H12N2/c19-15(20)13(25-17(23)11-7-3-1-4-8-11)14(16(21)22)26-18(24)12-9-5-2-6-10-12;6-5-2-1-3-7-4-5/h1-10,13-14H,(H,19,20)(H,21,22);5,7H,1-4,6H2/t13-,14-;5-/m01/s1. The Bertz CT molecular complexity index is 860. The second kappa shape index (κ2) is 12.9. The number of carboxylic acids is 2. The third-order valence-corrected chi connectivity index (χ3v) is 4.58. The van der Waals surface area contributed by atoms with Crippen LogP contribution in [-0.4, -0.2) is 65.4 Å². The van der Waals surface area contributed by atoms with E-state index in [1.807, 2.05) is 0 Å². The van der Waals surface area contributed by atoms with Gasteiger partial charge in [-0.25, -0.2) is 19.2 Å². The summed E-state index contributed by atoms with van der Waals surface area (Å²) in [5.74, 6) is -5.63. The van der Waals surface area contributed by atoms with Crippen molar-refractivity contribution in [1.29, 1.82) is 0 Å². The van der Waals surface area contributed by atoms with Crippen LogP contribution in [0.4, 0.5) is 0 Å². The van der Waals surface area contributed by atoms with Crippen molar-refractivity contribution in [2.75, 3.05) is 13.1 Å². The SMILES string of the molecule is N[C@@H]1CCCNC1.O=C(O[C@H](C(=O)O)[C@H](OC(=O)c1ccccc1)C(=O)O)c1ccccc1. The zero-order valence-electron chi connectivity index (χ0n) is 17.8. The number of carbonyl (C=O) groups excluding carboxylic acids is 2. The molecule has 5 N–H and O–H groups in total. The second-order valence-corrected chi connectivity index (χ2v) is 7.17. The van der Waals surface area contributed by atoms with Gasteiger partial charge in [0.1, 0.15) is 0 Å². The van der Waals surface area contributed by atoms with Gasteiger partial charge in [0, 0.05) is 12.6 Å². The Balaban J connectivity index is 0.000000468. The van der Waals surface area contributed by atoms with Crippen LogP contribution in [0.2, 0.25) is 0 Å². The van der Waals surface area contributed by atoms with Crippen molar-refractivity contribution in [3.05, 3.63) is 71.8 Å². The highest BCUT2D eigenvalue weighted by molar-refractivity contribution is 5.95. The first-order valence-electron chi connectivity index (χ1n) is 10.2. The predicted octanol–water partition coefficient (Wildman–Crippen LogP) is 1.30. The molecule has 1 saturated heterocycles. The highest BCUT2D eigenvalue weighted by atomic mass is 16.6. The molecule has 0 aromatic heterocycles. The lowest BCUT2D eigenvalue weighted by molar-refractivity contribution is -0.166. The van der Waals surface area contributed by atoms with E-state index >= 15 is 0 Å². The monoisotopic (exact) mass is 458 g/mol. The molecule has 0 unspecified atom stereocenters. The zero-order valence-corrected chi connectivity index (χ0v) is 17.8. The molecule has 1 fully saturated rings. The molecular weight excluding hydrogens is 432 g/mol. The Labute approximate surface area is 190 Å². The molecule has 10 nitrogen and oxygen atoms in total. The predicted molar refractivity (Wildman–Crippen MR) is 117 cm³/mol. The lowest BCUT2D eigenvalue weighted by Crippen LogP contribution is -2.45. The summed E-state index contributed by atoms with van der Waals surface area (Å²) in [5, 5.41) is 21.7. The van der Waals surface area contributed by atoms with Crippen molar-refractivity contribution in [2.24, 2.45) is 5.73 Å². The van der Waals surface area contributed by atoms with Crippen LogP contribution in [0.5, 0.6) is 0 Å². The highest BCUT2D eigenvalue weighted by Gasteiger charge is 2.41. The minimum absolute atomic E-state index is 0.0253. The van der Waals surface area contributed by atoms with Crippen LogP contribution < -0.4 is 11.1 Å². The molecule has 0 spiro atoms. The Morgan fingerprint density at radius 2 is 1.24 bits per heavy atom. The quantitative estimate of drug-likeness (QED) is 0.444. The van der Waals surface area contributed by atoms with E-state index in [0.717, 1.165) is 13.1 Å². The van der Waals surface area contributed by atoms with Crippen molar-refractivity contribution in [2.45, 2.75) is 31.1 Å². The lowest BCUT2D eigenvalue weighted by atomic mass is 10.1. The molecule has 33 heavy (non-hydrogen) atoms. The smallest absolute Gasteiger partial charge is 0.349 e. The van der Waals surface area contributed by atoms with Crippen molar-refractivity contribution in [1.82, 2.24) is 5.32 Å². The van der Waals surface area contributed by atoms with Gasteiger partial charge in [-0.3, -0.25) is 0 Å². The van der Waals surface area contributed by atoms with E-state index in [1.54, 1.807) is 12.1 Å². The van der Waals surface area contributed by atoms with Crippen LogP contribution in [-0.2, 0) is 19.1 Å². The Hall–Kier alpha value is -3.76. The average molecular weight is 458 g/mol. The topological polar surface area (TPSA) is 165 Å². The van der Waals surface area contributed by atoms with E-state index in [9.17, 15) is 29.4 Å². The number of carbonyl (C=O) groups is 4. The largest absolute Gasteiger partial charge is 0.478 e. The number of piperidine rings is 1. The number of rotatable bonds is 7. The molecule has 0 aliphatic carbocycles. The molecule has 1 aliphatic heterocycles. The molecule has 3 rings (SSSR count). The third kappa shape index (κ3) is 8.36. The molecule has 176 valence electrons. The maximum absolute atomic E-state index is 12.0. The number of hydrogen-bond donors (Lipinski definition) is 4. The first-order chi connectivity index (χ1) is 15.8. The van der Waals surface area contributed by atoms with Crippen LogP contribution >= 0.6 is 0 Å². The van der Waals surface area contributed by atoms with Gasteiger partial charge >= 0.3 is 23.9 Å². The second-order valence-electron chi connectivity index (χ2n) is 7.17. The number of nitrogens with one attached hydrogen (secondary N) is 1. The van der Waals surface area contributed by atoms with Crippen LogP contribution in [0, 0.1) is 0 Å². The van der Waals surface area contributed by atoms with Crippen LogP contribution in [0.25, 0.3) is 0 Å². The number of aliphatic carboxylic acids is 2. The number of hydrogen-bond acceptors (Lipinski definition) is 8. The molecule has 3 atom stereocenters. The maximum Gasteiger partial charge on any atom is 0.349 e. The fourth-order valence-corrected chi connectivity index (χ4v) is 2.88. The number of nitrogens with two attached hydrogens (primary N) is 1. The van der Waals surface area contributed by atoms with Crippen molar-refractivity contribution in [3.63, 3.8) is 0 Å². The first-order valence-corrected chi connectivity index (χ1v) is 10.2. The normalized spacial score (nSPS) is 16.8. The van der Waals surface area contributed by atoms with Gasteiger partial charge in [0.05, 0.1) is 11.1 Å². The molecule has 1 aliphatic rings. The molecule has 0 bridgehead atoms. The van der Waals surface area contributed by atoms with Crippen LogP contribution in [0.3, 0.4) is 0 Å². The minimum Gasteiger partial charge on any atom is -0.478 e. The number of carboxylic acid groups (broad SMARTS) is 2. The van der Waals surface area contributed by atoms with Crippen molar-refractivity contribution >= 4 is 23.9 Å². The number of ether oxygens (including phenoxy) is 2. The number of esters is 2. The molecule has 1 heterocycles. The van der Waals surface area contributed by atoms with Gasteiger partial charge in [-0.15, -0.1) is 0 Å². The van der Waals surface area contributed by atoms with Crippen molar-refractivity contribution < 1.29 is 38.9 Å². The van der Waals surface area contributed by atoms with Gasteiger partial charge in [-0.05, 0) is 43.7 Å². The summed E-state index contributed by atoms with van der Waals surface area (Å²) in [6, 6.07) is 15.3. The van der Waals surface area contributed by atoms with Crippen LogP contribution in [0.15, 0.2) is 60.7 Å². The van der Waals surface area contributed by atoms with E-state index in [0.29, 0.717) is 6.04 Å². The maximum atomic E-state index is 12.0. The van der Waals surface area contributed by atoms with Gasteiger partial charge in [0.2, 0.25) is 12.2 Å². The van der Waals surface area contributed by atoms with E-state index < -0.39 is 36.1 Å². The molecule has 0 amide bonds. The molecule has 0 saturated carbocycles. The van der Waals surface area contributed by atoms with E-state index in [-0.39, 0.29) is 11.1 Å². The highest BCUT2D eigenvalue weighted by Crippen LogP contribution is 2.13. The third-order valence-electron chi connectivity index (χ3n) is 4.58. The molecule has 2 aromatic carbocycles. The van der Waals surface area contributed by atoms with E-state index in [1.165, 1.54) is 61.4 Å². The summed E-state index contributed by atoms with van der Waals surface area (Å²) >= 11 is 0. The fourth-order valence-electron chi connectivity index (χ4n) is 2.88. The van der Waals surface area contributed by atoms with Gasteiger partial charge in [0.15, 0.2) is 0 Å². The van der Waals surface area contributed by atoms with E-state index in [4.69, 9.17) is 15.2 Å². The summed E-state index contributed by atoms with van der Waals surface area (Å²) in [5.41, 5.74) is 5.62. The van der Waals surface area contributed by atoms with Crippen molar-refractivity contribution in [3.8, 4) is 0 Å². The molecule has 10 heteroatoms.